The lowest BCUT2D eigenvalue weighted by atomic mass is 10.0. The molecule has 3 fully saturated rings. The number of ether oxygens (including phenoxy) is 1. The number of carbonyl (C=O) groups is 4. The van der Waals surface area contributed by atoms with Crippen LogP contribution in [0.25, 0.3) is 22.3 Å². The maximum Gasteiger partial charge on any atom is 0.408 e. The van der Waals surface area contributed by atoms with Gasteiger partial charge in [-0.1, -0.05) is 25.0 Å². The van der Waals surface area contributed by atoms with E-state index in [1.165, 1.54) is 32.3 Å². The molecule has 264 valence electrons. The molecule has 5 heterocycles. The molecule has 2 aliphatic carbocycles. The van der Waals surface area contributed by atoms with Gasteiger partial charge in [0, 0.05) is 24.4 Å². The number of nitrogens with zero attached hydrogens (tertiary/aromatic N) is 3. The topological polar surface area (TPSA) is 160 Å². The third-order valence-electron chi connectivity index (χ3n) is 10.5. The summed E-state index contributed by atoms with van der Waals surface area (Å²) in [6.45, 7) is -0.0239. The number of amides is 3. The summed E-state index contributed by atoms with van der Waals surface area (Å²) < 4.78 is 7.00. The minimum absolute atomic E-state index is 0.0239. The van der Waals surface area contributed by atoms with Gasteiger partial charge < -0.3 is 25.4 Å². The lowest BCUT2D eigenvalue weighted by Gasteiger charge is -2.29. The largest absolute Gasteiger partial charge is 0.479 e. The molecule has 0 unspecified atom stereocenters. The predicted molar refractivity (Wildman–Crippen MR) is 189 cm³/mol. The van der Waals surface area contributed by atoms with Crippen molar-refractivity contribution in [3.05, 3.63) is 62.4 Å². The number of hydrogen-bond acceptors (Lipinski definition) is 9. The van der Waals surface area contributed by atoms with Crippen molar-refractivity contribution in [3.63, 3.8) is 0 Å². The standard InChI is InChI=1S/C36H41N5O7S2/c42-31-29-16-25(41-33(44)30(23-13-15-50-21-23)27(18-37-41)22-12-14-49-20-22)19-40(29)32(43)28(38-35(47)48-26-9-6-7-10-26)11-5-3-1-2-4-8-24-17-36(24,39-31)34(45)46/h4,8,12-15,18,20-21,24-26,28-29H,1-3,5-7,9-11,16-17,19H2,(H,38,47)(H,39,42)(H,45,46)/b8-4-/t24-,25-,28+,29+,36-/m1/s1. The Morgan fingerprint density at radius 2 is 1.74 bits per heavy atom. The maximum absolute atomic E-state index is 14.5. The highest BCUT2D eigenvalue weighted by Gasteiger charge is 2.61. The molecule has 0 bridgehead atoms. The second-order valence-corrected chi connectivity index (χ2v) is 15.3. The number of hydrogen-bond donors (Lipinski definition) is 3. The van der Waals surface area contributed by atoms with E-state index in [-0.39, 0.29) is 37.0 Å². The van der Waals surface area contributed by atoms with Crippen LogP contribution in [-0.4, -0.2) is 73.9 Å². The van der Waals surface area contributed by atoms with Crippen LogP contribution in [0.15, 0.2) is 56.8 Å². The van der Waals surface area contributed by atoms with Crippen LogP contribution in [-0.2, 0) is 19.1 Å². The van der Waals surface area contributed by atoms with Crippen LogP contribution < -0.4 is 16.2 Å². The molecule has 0 spiro atoms. The summed E-state index contributed by atoms with van der Waals surface area (Å²) in [5.74, 6) is -2.57. The van der Waals surface area contributed by atoms with Crippen molar-refractivity contribution in [1.82, 2.24) is 25.3 Å². The first kappa shape index (κ1) is 34.2. The minimum Gasteiger partial charge on any atom is -0.479 e. The van der Waals surface area contributed by atoms with Crippen LogP contribution >= 0.6 is 22.7 Å². The summed E-state index contributed by atoms with van der Waals surface area (Å²) in [6.07, 6.45) is 11.8. The molecule has 3 aromatic rings. The van der Waals surface area contributed by atoms with Crippen LogP contribution in [0.5, 0.6) is 0 Å². The summed E-state index contributed by atoms with van der Waals surface area (Å²) in [7, 11) is 0. The Labute approximate surface area is 297 Å². The van der Waals surface area contributed by atoms with E-state index in [9.17, 15) is 29.1 Å². The fraction of sp³-hybridized carbons (Fsp3) is 0.500. The van der Waals surface area contributed by atoms with Crippen molar-refractivity contribution >= 4 is 46.6 Å². The number of allylic oxidation sites excluding steroid dienone is 1. The monoisotopic (exact) mass is 719 g/mol. The first-order valence-corrected chi connectivity index (χ1v) is 19.3. The Kier molecular flexibility index (Phi) is 9.91. The third kappa shape index (κ3) is 6.87. The van der Waals surface area contributed by atoms with Gasteiger partial charge in [0.25, 0.3) is 5.56 Å². The fourth-order valence-electron chi connectivity index (χ4n) is 7.64. The van der Waals surface area contributed by atoms with Crippen LogP contribution in [0.2, 0.25) is 0 Å². The quantitative estimate of drug-likeness (QED) is 0.287. The molecule has 3 aromatic heterocycles. The van der Waals surface area contributed by atoms with Gasteiger partial charge in [-0.15, -0.1) is 0 Å². The van der Waals surface area contributed by atoms with Gasteiger partial charge in [0.1, 0.15) is 23.7 Å². The third-order valence-corrected chi connectivity index (χ3v) is 11.9. The first-order valence-electron chi connectivity index (χ1n) is 17.4. The van der Waals surface area contributed by atoms with Gasteiger partial charge in [-0.3, -0.25) is 14.4 Å². The van der Waals surface area contributed by atoms with Crippen molar-refractivity contribution in [1.29, 1.82) is 0 Å². The number of carbonyl (C=O) groups excluding carboxylic acids is 3. The van der Waals surface area contributed by atoms with Crippen LogP contribution in [0, 0.1) is 5.92 Å². The maximum atomic E-state index is 14.5. The van der Waals surface area contributed by atoms with Crippen LogP contribution in [0.3, 0.4) is 0 Å². The van der Waals surface area contributed by atoms with Crippen LogP contribution in [0.4, 0.5) is 4.79 Å². The first-order chi connectivity index (χ1) is 24.2. The van der Waals surface area contributed by atoms with Gasteiger partial charge in [-0.25, -0.2) is 14.3 Å². The highest BCUT2D eigenvalue weighted by Crippen LogP contribution is 2.45. The predicted octanol–water partition coefficient (Wildman–Crippen LogP) is 5.36. The van der Waals surface area contributed by atoms with E-state index in [1.807, 2.05) is 45.8 Å². The molecule has 0 aromatic carbocycles. The van der Waals surface area contributed by atoms with E-state index in [1.54, 1.807) is 6.20 Å². The Morgan fingerprint density at radius 3 is 2.46 bits per heavy atom. The fourth-order valence-corrected chi connectivity index (χ4v) is 8.94. The lowest BCUT2D eigenvalue weighted by molar-refractivity contribution is -0.145. The van der Waals surface area contributed by atoms with E-state index < -0.39 is 47.5 Å². The zero-order valence-electron chi connectivity index (χ0n) is 27.6. The highest BCUT2D eigenvalue weighted by atomic mass is 32.1. The lowest BCUT2D eigenvalue weighted by Crippen LogP contribution is -2.56. The molecule has 3 amide bonds. The highest BCUT2D eigenvalue weighted by molar-refractivity contribution is 7.08. The van der Waals surface area contributed by atoms with Gasteiger partial charge in [-0.05, 0) is 96.1 Å². The van der Waals surface area contributed by atoms with Gasteiger partial charge >= 0.3 is 12.1 Å². The van der Waals surface area contributed by atoms with Crippen molar-refractivity contribution in [3.8, 4) is 22.3 Å². The summed E-state index contributed by atoms with van der Waals surface area (Å²) in [5, 5.41) is 28.1. The Morgan fingerprint density at radius 1 is 1.00 bits per heavy atom. The molecule has 5 atom stereocenters. The number of thiophene rings is 2. The Bertz CT molecular complexity index is 1820. The smallest absolute Gasteiger partial charge is 0.408 e. The second kappa shape index (κ2) is 14.5. The number of nitrogens with one attached hydrogen (secondary N) is 2. The second-order valence-electron chi connectivity index (χ2n) is 13.8. The number of carboxylic acid groups (broad SMARTS) is 1. The zero-order chi connectivity index (χ0) is 34.8. The molecule has 3 N–H and O–H groups in total. The van der Waals surface area contributed by atoms with E-state index in [0.29, 0.717) is 24.0 Å². The molecule has 7 rings (SSSR count). The van der Waals surface area contributed by atoms with E-state index >= 15 is 0 Å². The molecule has 12 nitrogen and oxygen atoms in total. The van der Waals surface area contributed by atoms with Crippen molar-refractivity contribution in [2.75, 3.05) is 6.54 Å². The number of carboxylic acids is 1. The average molecular weight is 720 g/mol. The van der Waals surface area contributed by atoms with E-state index in [4.69, 9.17) is 4.74 Å². The summed E-state index contributed by atoms with van der Waals surface area (Å²) in [5.41, 5.74) is 0.969. The van der Waals surface area contributed by atoms with Crippen LogP contribution in [0.1, 0.15) is 76.7 Å². The molecule has 2 aliphatic heterocycles. The van der Waals surface area contributed by atoms with Crippen molar-refractivity contribution in [2.24, 2.45) is 5.92 Å². The number of aromatic nitrogens is 2. The van der Waals surface area contributed by atoms with E-state index in [2.05, 4.69) is 15.7 Å². The summed E-state index contributed by atoms with van der Waals surface area (Å²) in [6, 6.07) is 1.07. The van der Waals surface area contributed by atoms with E-state index in [0.717, 1.165) is 56.1 Å². The molecular weight excluding hydrogens is 679 g/mol. The molecule has 1 saturated heterocycles. The number of fused-ring (bicyclic) bond motifs is 2. The average Bonchev–Trinajstić information content (AvgIpc) is 3.77. The van der Waals surface area contributed by atoms with Gasteiger partial charge in [0.15, 0.2) is 0 Å². The number of alkyl carbamates (subject to hydrolysis) is 1. The normalized spacial score (nSPS) is 28.1. The molecule has 50 heavy (non-hydrogen) atoms. The minimum atomic E-state index is -1.47. The molecule has 2 saturated carbocycles. The number of aliphatic carboxylic acids is 1. The van der Waals surface area contributed by atoms with Gasteiger partial charge in [0.2, 0.25) is 11.8 Å². The molecule has 4 aliphatic rings. The van der Waals surface area contributed by atoms with Crippen molar-refractivity contribution in [2.45, 2.75) is 100 Å². The SMILES string of the molecule is O=C(N[C@H]1CCCCC/C=C\[C@@H]2C[C@@]2(C(=O)O)NC(=O)[C@@H]2C[C@@H](n3ncc(-c4ccsc4)c(-c4ccsc4)c3=O)CN2C1=O)OC1CCCC1. The molecule has 14 heteroatoms. The van der Waals surface area contributed by atoms with Crippen molar-refractivity contribution < 1.29 is 29.0 Å². The van der Waals surface area contributed by atoms with Gasteiger partial charge in [-0.2, -0.15) is 27.8 Å². The van der Waals surface area contributed by atoms with Gasteiger partial charge in [0.05, 0.1) is 17.8 Å². The summed E-state index contributed by atoms with van der Waals surface area (Å²) >= 11 is 2.99. The molecular formula is C36H41N5O7S2. The Hall–Kier alpha value is -4.30. The zero-order valence-corrected chi connectivity index (χ0v) is 29.3. The Balaban J connectivity index is 1.23. The molecule has 0 radical (unpaired) electrons. The summed E-state index contributed by atoms with van der Waals surface area (Å²) in [4.78, 5) is 69.8. The number of rotatable bonds is 6.